The van der Waals surface area contributed by atoms with Gasteiger partial charge in [0.05, 0.1) is 5.56 Å². The van der Waals surface area contributed by atoms with Crippen LogP contribution in [0.3, 0.4) is 0 Å². The Morgan fingerprint density at radius 1 is 1.56 bits per heavy atom. The number of rotatable bonds is 6. The second-order valence-corrected chi connectivity index (χ2v) is 4.63. The maximum Gasteiger partial charge on any atom is 0.144 e. The minimum Gasteiger partial charge on any atom is -0.368 e. The molecule has 98 valence electrons. The number of hydrogen-bond acceptors (Lipinski definition) is 4. The number of nitrogens with one attached hydrogen (secondary N) is 1. The molecule has 0 saturated carbocycles. The molecule has 0 saturated heterocycles. The fraction of sp³-hybridized carbons (Fsp3) is 0.571. The van der Waals surface area contributed by atoms with Gasteiger partial charge in [0.2, 0.25) is 0 Å². The second kappa shape index (κ2) is 6.97. The molecule has 0 amide bonds. The molecular formula is C14H22N4. The number of anilines is 1. The molecule has 0 fully saturated rings. The van der Waals surface area contributed by atoms with Crippen molar-refractivity contribution in [2.75, 3.05) is 25.5 Å². The van der Waals surface area contributed by atoms with Crippen molar-refractivity contribution in [3.8, 4) is 6.07 Å². The van der Waals surface area contributed by atoms with Gasteiger partial charge in [-0.3, -0.25) is 0 Å². The predicted molar refractivity (Wildman–Crippen MR) is 74.6 cm³/mol. The van der Waals surface area contributed by atoms with Crippen molar-refractivity contribution >= 4 is 5.82 Å². The molecule has 1 rings (SSSR count). The zero-order valence-corrected chi connectivity index (χ0v) is 11.7. The number of pyridine rings is 1. The Morgan fingerprint density at radius 3 is 2.89 bits per heavy atom. The molecule has 1 unspecified atom stereocenters. The molecule has 1 N–H and O–H groups in total. The van der Waals surface area contributed by atoms with E-state index < -0.39 is 0 Å². The van der Waals surface area contributed by atoms with E-state index >= 15 is 0 Å². The summed E-state index contributed by atoms with van der Waals surface area (Å²) in [5.41, 5.74) is 1.61. The summed E-state index contributed by atoms with van der Waals surface area (Å²) in [6.45, 7) is 8.06. The number of aryl methyl sites for hydroxylation is 1. The Labute approximate surface area is 110 Å². The van der Waals surface area contributed by atoms with Gasteiger partial charge in [0.15, 0.2) is 0 Å². The van der Waals surface area contributed by atoms with Gasteiger partial charge in [0, 0.05) is 25.3 Å². The highest BCUT2D eigenvalue weighted by Gasteiger charge is 2.08. The molecule has 1 aromatic rings. The maximum atomic E-state index is 9.09. The van der Waals surface area contributed by atoms with E-state index in [0.717, 1.165) is 25.1 Å². The Bertz CT molecular complexity index is 422. The second-order valence-electron chi connectivity index (χ2n) is 4.63. The minimum absolute atomic E-state index is 0.577. The summed E-state index contributed by atoms with van der Waals surface area (Å²) in [6.07, 6.45) is 2.87. The molecule has 0 radical (unpaired) electrons. The highest BCUT2D eigenvalue weighted by molar-refractivity contribution is 5.55. The number of hydrogen-bond donors (Lipinski definition) is 1. The molecule has 1 heterocycles. The molecule has 1 aromatic heterocycles. The molecule has 0 aliphatic rings. The van der Waals surface area contributed by atoms with E-state index in [4.69, 9.17) is 5.26 Å². The lowest BCUT2D eigenvalue weighted by atomic mass is 10.1. The van der Waals surface area contributed by atoms with E-state index in [1.54, 1.807) is 6.20 Å². The minimum atomic E-state index is 0.577. The molecule has 0 aliphatic carbocycles. The SMILES string of the molecule is CCC(C)N(C)CCNc1nccc(C)c1C#N. The summed E-state index contributed by atoms with van der Waals surface area (Å²) in [5, 5.41) is 12.3. The van der Waals surface area contributed by atoms with Gasteiger partial charge in [-0.25, -0.2) is 4.98 Å². The smallest absolute Gasteiger partial charge is 0.144 e. The molecule has 0 spiro atoms. The monoisotopic (exact) mass is 246 g/mol. The van der Waals surface area contributed by atoms with E-state index in [0.29, 0.717) is 17.4 Å². The first-order valence-corrected chi connectivity index (χ1v) is 6.40. The van der Waals surface area contributed by atoms with Crippen molar-refractivity contribution in [2.24, 2.45) is 0 Å². The van der Waals surface area contributed by atoms with Crippen LogP contribution < -0.4 is 5.32 Å². The Morgan fingerprint density at radius 2 is 2.28 bits per heavy atom. The highest BCUT2D eigenvalue weighted by atomic mass is 15.1. The number of nitrogens with zero attached hydrogens (tertiary/aromatic N) is 3. The highest BCUT2D eigenvalue weighted by Crippen LogP contribution is 2.14. The van der Waals surface area contributed by atoms with Crippen molar-refractivity contribution in [3.05, 3.63) is 23.4 Å². The normalized spacial score (nSPS) is 12.2. The first-order chi connectivity index (χ1) is 8.60. The van der Waals surface area contributed by atoms with Crippen LogP contribution in [0.5, 0.6) is 0 Å². The largest absolute Gasteiger partial charge is 0.368 e. The summed E-state index contributed by atoms with van der Waals surface area (Å²) in [6, 6.07) is 4.63. The molecule has 0 aliphatic heterocycles. The molecule has 1 atom stereocenters. The van der Waals surface area contributed by atoms with Crippen LogP contribution in [-0.4, -0.2) is 36.1 Å². The summed E-state index contributed by atoms with van der Waals surface area (Å²) >= 11 is 0. The van der Waals surface area contributed by atoms with Gasteiger partial charge in [-0.15, -0.1) is 0 Å². The Kier molecular flexibility index (Phi) is 5.60. The number of likely N-dealkylation sites (N-methyl/N-ethyl adjacent to an activating group) is 1. The van der Waals surface area contributed by atoms with E-state index in [2.05, 4.69) is 42.2 Å². The molecule has 18 heavy (non-hydrogen) atoms. The third-order valence-electron chi connectivity index (χ3n) is 3.37. The summed E-state index contributed by atoms with van der Waals surface area (Å²) < 4.78 is 0. The first-order valence-electron chi connectivity index (χ1n) is 6.40. The van der Waals surface area contributed by atoms with Crippen molar-refractivity contribution in [2.45, 2.75) is 33.2 Å². The van der Waals surface area contributed by atoms with Crippen LogP contribution in [0.1, 0.15) is 31.4 Å². The van der Waals surface area contributed by atoms with Crippen LogP contribution in [-0.2, 0) is 0 Å². The lowest BCUT2D eigenvalue weighted by Crippen LogP contribution is -2.32. The van der Waals surface area contributed by atoms with Gasteiger partial charge < -0.3 is 10.2 Å². The van der Waals surface area contributed by atoms with Crippen molar-refractivity contribution in [3.63, 3.8) is 0 Å². The van der Waals surface area contributed by atoms with Crippen LogP contribution in [0.25, 0.3) is 0 Å². The summed E-state index contributed by atoms with van der Waals surface area (Å²) in [4.78, 5) is 6.52. The van der Waals surface area contributed by atoms with Gasteiger partial charge in [0.1, 0.15) is 11.9 Å². The average Bonchev–Trinajstić information content (AvgIpc) is 2.37. The van der Waals surface area contributed by atoms with Gasteiger partial charge >= 0.3 is 0 Å². The first kappa shape index (κ1) is 14.5. The van der Waals surface area contributed by atoms with Gasteiger partial charge in [0.25, 0.3) is 0 Å². The average molecular weight is 246 g/mol. The molecule has 4 heteroatoms. The maximum absolute atomic E-state index is 9.09. The molecule has 4 nitrogen and oxygen atoms in total. The Balaban J connectivity index is 2.55. The molecule has 0 aromatic carbocycles. The topological polar surface area (TPSA) is 52.0 Å². The van der Waals surface area contributed by atoms with Gasteiger partial charge in [-0.1, -0.05) is 6.92 Å². The van der Waals surface area contributed by atoms with Crippen molar-refractivity contribution < 1.29 is 0 Å². The number of aromatic nitrogens is 1. The third kappa shape index (κ3) is 3.71. The van der Waals surface area contributed by atoms with E-state index in [1.165, 1.54) is 0 Å². The fourth-order valence-electron chi connectivity index (χ4n) is 1.72. The quantitative estimate of drug-likeness (QED) is 0.837. The third-order valence-corrected chi connectivity index (χ3v) is 3.37. The predicted octanol–water partition coefficient (Wildman–Crippen LogP) is 2.40. The van der Waals surface area contributed by atoms with Gasteiger partial charge in [-0.05, 0) is 38.9 Å². The number of nitriles is 1. The fourth-order valence-corrected chi connectivity index (χ4v) is 1.72. The van der Waals surface area contributed by atoms with Crippen molar-refractivity contribution in [1.82, 2.24) is 9.88 Å². The van der Waals surface area contributed by atoms with E-state index in [1.807, 2.05) is 13.0 Å². The molecule has 0 bridgehead atoms. The lowest BCUT2D eigenvalue weighted by Gasteiger charge is -2.23. The van der Waals surface area contributed by atoms with E-state index in [9.17, 15) is 0 Å². The van der Waals surface area contributed by atoms with Crippen LogP contribution >= 0.6 is 0 Å². The zero-order chi connectivity index (χ0) is 13.5. The lowest BCUT2D eigenvalue weighted by molar-refractivity contribution is 0.261. The standard InChI is InChI=1S/C14H22N4/c1-5-12(3)18(4)9-8-17-14-13(10-15)11(2)6-7-16-14/h6-7,12H,5,8-9H2,1-4H3,(H,16,17). The van der Waals surface area contributed by atoms with E-state index in [-0.39, 0.29) is 0 Å². The van der Waals surface area contributed by atoms with Crippen LogP contribution in [0.4, 0.5) is 5.82 Å². The van der Waals surface area contributed by atoms with Crippen LogP contribution in [0, 0.1) is 18.3 Å². The summed E-state index contributed by atoms with van der Waals surface area (Å²) in [5.74, 6) is 0.690. The van der Waals surface area contributed by atoms with Gasteiger partial charge in [-0.2, -0.15) is 5.26 Å². The van der Waals surface area contributed by atoms with Crippen LogP contribution in [0.2, 0.25) is 0 Å². The van der Waals surface area contributed by atoms with Crippen LogP contribution in [0.15, 0.2) is 12.3 Å². The summed E-state index contributed by atoms with van der Waals surface area (Å²) in [7, 11) is 2.12. The molecular weight excluding hydrogens is 224 g/mol. The van der Waals surface area contributed by atoms with Crippen molar-refractivity contribution in [1.29, 1.82) is 5.26 Å². The zero-order valence-electron chi connectivity index (χ0n) is 11.7. The Hall–Kier alpha value is -1.60.